The Labute approximate surface area is 156 Å². The molecule has 0 aliphatic carbocycles. The Kier molecular flexibility index (Phi) is 5.86. The third-order valence-corrected chi connectivity index (χ3v) is 4.60. The van der Waals surface area contributed by atoms with Crippen LogP contribution in [0.5, 0.6) is 0 Å². The summed E-state index contributed by atoms with van der Waals surface area (Å²) < 4.78 is 0. The first-order chi connectivity index (χ1) is 12.1. The third kappa shape index (κ3) is 4.72. The number of rotatable bonds is 4. The summed E-state index contributed by atoms with van der Waals surface area (Å²) in [6.07, 6.45) is 0. The minimum absolute atomic E-state index is 0.00718. The summed E-state index contributed by atoms with van der Waals surface area (Å²) in [6, 6.07) is 13.4. The van der Waals surface area contributed by atoms with Crippen molar-refractivity contribution in [3.8, 4) is 0 Å². The third-order valence-electron chi connectivity index (χ3n) is 4.60. The molecule has 0 saturated heterocycles. The van der Waals surface area contributed by atoms with Crippen molar-refractivity contribution >= 4 is 17.5 Å². The summed E-state index contributed by atoms with van der Waals surface area (Å²) in [5, 5.41) is 2.88. The van der Waals surface area contributed by atoms with E-state index in [2.05, 4.69) is 26.1 Å². The SMILES string of the molecule is Cc1cccc(NC(=O)CN(C)C(=O)c2ccc(C(C)(C)C)cc2)c1C. The fourth-order valence-corrected chi connectivity index (χ4v) is 2.70. The summed E-state index contributed by atoms with van der Waals surface area (Å²) >= 11 is 0. The van der Waals surface area contributed by atoms with Crippen LogP contribution in [-0.4, -0.2) is 30.3 Å². The van der Waals surface area contributed by atoms with Crippen molar-refractivity contribution in [2.45, 2.75) is 40.0 Å². The quantitative estimate of drug-likeness (QED) is 0.891. The number of nitrogens with one attached hydrogen (secondary N) is 1. The van der Waals surface area contributed by atoms with E-state index >= 15 is 0 Å². The standard InChI is InChI=1S/C22H28N2O2/c1-15-8-7-9-19(16(15)2)23-20(25)14-24(6)21(26)17-10-12-18(13-11-17)22(3,4)5/h7-13H,14H2,1-6H3,(H,23,25). The molecule has 0 aliphatic heterocycles. The number of hydrogen-bond acceptors (Lipinski definition) is 2. The molecule has 0 spiro atoms. The molecule has 0 saturated carbocycles. The van der Waals surface area contributed by atoms with Gasteiger partial charge in [0.15, 0.2) is 0 Å². The lowest BCUT2D eigenvalue weighted by molar-refractivity contribution is -0.116. The maximum atomic E-state index is 12.6. The Morgan fingerprint density at radius 1 is 1.00 bits per heavy atom. The predicted octanol–water partition coefficient (Wildman–Crippen LogP) is 4.31. The first kappa shape index (κ1) is 19.7. The van der Waals surface area contributed by atoms with Crippen LogP contribution in [0.4, 0.5) is 5.69 Å². The van der Waals surface area contributed by atoms with Crippen LogP contribution >= 0.6 is 0 Å². The fraction of sp³-hybridized carbons (Fsp3) is 0.364. The van der Waals surface area contributed by atoms with Crippen LogP contribution in [0.2, 0.25) is 0 Å². The molecular weight excluding hydrogens is 324 g/mol. The van der Waals surface area contributed by atoms with Gasteiger partial charge in [-0.05, 0) is 54.2 Å². The summed E-state index contributed by atoms with van der Waals surface area (Å²) in [6.45, 7) is 10.4. The molecule has 2 aromatic rings. The van der Waals surface area contributed by atoms with Crippen LogP contribution in [-0.2, 0) is 10.2 Å². The molecule has 0 heterocycles. The van der Waals surface area contributed by atoms with Gasteiger partial charge < -0.3 is 10.2 Å². The monoisotopic (exact) mass is 352 g/mol. The fourth-order valence-electron chi connectivity index (χ4n) is 2.70. The Morgan fingerprint density at radius 2 is 1.62 bits per heavy atom. The van der Waals surface area contributed by atoms with Gasteiger partial charge in [0.25, 0.3) is 5.91 Å². The van der Waals surface area contributed by atoms with Gasteiger partial charge in [0.05, 0.1) is 6.54 Å². The number of amides is 2. The second-order valence-electron chi connectivity index (χ2n) is 7.78. The largest absolute Gasteiger partial charge is 0.332 e. The number of carbonyl (C=O) groups is 2. The molecule has 0 bridgehead atoms. The van der Waals surface area contributed by atoms with E-state index in [-0.39, 0.29) is 23.8 Å². The van der Waals surface area contributed by atoms with Crippen molar-refractivity contribution in [3.05, 3.63) is 64.7 Å². The van der Waals surface area contributed by atoms with Gasteiger partial charge in [0.2, 0.25) is 5.91 Å². The highest BCUT2D eigenvalue weighted by molar-refractivity contribution is 5.99. The zero-order valence-electron chi connectivity index (χ0n) is 16.5. The van der Waals surface area contributed by atoms with Crippen LogP contribution in [0.1, 0.15) is 47.8 Å². The Morgan fingerprint density at radius 3 is 2.19 bits per heavy atom. The zero-order chi connectivity index (χ0) is 19.5. The van der Waals surface area contributed by atoms with Gasteiger partial charge in [-0.2, -0.15) is 0 Å². The number of likely N-dealkylation sites (N-methyl/N-ethyl adjacent to an activating group) is 1. The van der Waals surface area contributed by atoms with Gasteiger partial charge in [-0.25, -0.2) is 0 Å². The minimum atomic E-state index is -0.208. The molecular formula is C22H28N2O2. The van der Waals surface area contributed by atoms with E-state index in [0.717, 1.165) is 16.8 Å². The minimum Gasteiger partial charge on any atom is -0.332 e. The zero-order valence-corrected chi connectivity index (χ0v) is 16.5. The van der Waals surface area contributed by atoms with E-state index in [1.807, 2.05) is 56.3 Å². The van der Waals surface area contributed by atoms with Gasteiger partial charge >= 0.3 is 0 Å². The summed E-state index contributed by atoms with van der Waals surface area (Å²) in [7, 11) is 1.64. The average Bonchev–Trinajstić information content (AvgIpc) is 2.57. The van der Waals surface area contributed by atoms with E-state index < -0.39 is 0 Å². The number of nitrogens with zero attached hydrogens (tertiary/aromatic N) is 1. The molecule has 0 atom stereocenters. The second-order valence-corrected chi connectivity index (χ2v) is 7.78. The number of benzene rings is 2. The smallest absolute Gasteiger partial charge is 0.254 e. The lowest BCUT2D eigenvalue weighted by Crippen LogP contribution is -2.35. The Bertz CT molecular complexity index is 802. The molecule has 0 unspecified atom stereocenters. The molecule has 0 aromatic heterocycles. The summed E-state index contributed by atoms with van der Waals surface area (Å²) in [5.74, 6) is -0.373. The van der Waals surface area contributed by atoms with Crippen molar-refractivity contribution in [1.29, 1.82) is 0 Å². The average molecular weight is 352 g/mol. The molecule has 0 radical (unpaired) electrons. The van der Waals surface area contributed by atoms with Crippen molar-refractivity contribution in [1.82, 2.24) is 4.90 Å². The van der Waals surface area contributed by atoms with Gasteiger partial charge in [-0.1, -0.05) is 45.0 Å². The maximum Gasteiger partial charge on any atom is 0.254 e. The number of carbonyl (C=O) groups excluding carboxylic acids is 2. The molecule has 4 heteroatoms. The molecule has 4 nitrogen and oxygen atoms in total. The summed E-state index contributed by atoms with van der Waals surface area (Å²) in [4.78, 5) is 26.3. The van der Waals surface area contributed by atoms with Gasteiger partial charge in [0, 0.05) is 18.3 Å². The van der Waals surface area contributed by atoms with Crippen molar-refractivity contribution in [3.63, 3.8) is 0 Å². The lowest BCUT2D eigenvalue weighted by atomic mass is 9.86. The predicted molar refractivity (Wildman–Crippen MR) is 107 cm³/mol. The van der Waals surface area contributed by atoms with Crippen LogP contribution in [0, 0.1) is 13.8 Å². The van der Waals surface area contributed by atoms with Gasteiger partial charge in [-0.3, -0.25) is 9.59 Å². The topological polar surface area (TPSA) is 49.4 Å². The van der Waals surface area contributed by atoms with Gasteiger partial charge in [-0.15, -0.1) is 0 Å². The van der Waals surface area contributed by atoms with Crippen LogP contribution in [0.15, 0.2) is 42.5 Å². The highest BCUT2D eigenvalue weighted by Crippen LogP contribution is 2.22. The van der Waals surface area contributed by atoms with Crippen LogP contribution in [0.25, 0.3) is 0 Å². The molecule has 2 amide bonds. The molecule has 2 rings (SSSR count). The number of hydrogen-bond donors (Lipinski definition) is 1. The van der Waals surface area contributed by atoms with Crippen LogP contribution in [0.3, 0.4) is 0 Å². The molecule has 0 aliphatic rings. The normalized spacial score (nSPS) is 11.2. The number of anilines is 1. The first-order valence-corrected chi connectivity index (χ1v) is 8.81. The van der Waals surface area contributed by atoms with Gasteiger partial charge in [0.1, 0.15) is 0 Å². The lowest BCUT2D eigenvalue weighted by Gasteiger charge is -2.20. The molecule has 0 fully saturated rings. The molecule has 138 valence electrons. The van der Waals surface area contributed by atoms with E-state index in [0.29, 0.717) is 5.56 Å². The first-order valence-electron chi connectivity index (χ1n) is 8.81. The second kappa shape index (κ2) is 7.73. The van der Waals surface area contributed by atoms with Crippen molar-refractivity contribution in [2.75, 3.05) is 18.9 Å². The molecule has 2 aromatic carbocycles. The Balaban J connectivity index is 2.02. The van der Waals surface area contributed by atoms with E-state index in [1.165, 1.54) is 10.5 Å². The molecule has 26 heavy (non-hydrogen) atoms. The highest BCUT2D eigenvalue weighted by atomic mass is 16.2. The van der Waals surface area contributed by atoms with Crippen molar-refractivity contribution < 1.29 is 9.59 Å². The Hall–Kier alpha value is -2.62. The van der Waals surface area contributed by atoms with E-state index in [1.54, 1.807) is 7.05 Å². The number of aryl methyl sites for hydroxylation is 1. The molecule has 1 N–H and O–H groups in total. The highest BCUT2D eigenvalue weighted by Gasteiger charge is 2.18. The maximum absolute atomic E-state index is 12.6. The van der Waals surface area contributed by atoms with Crippen molar-refractivity contribution in [2.24, 2.45) is 0 Å². The van der Waals surface area contributed by atoms with Crippen LogP contribution < -0.4 is 5.32 Å². The van der Waals surface area contributed by atoms with E-state index in [4.69, 9.17) is 0 Å². The summed E-state index contributed by atoms with van der Waals surface area (Å²) in [5.41, 5.74) is 4.73. The van der Waals surface area contributed by atoms with E-state index in [9.17, 15) is 9.59 Å².